The van der Waals surface area contributed by atoms with Crippen LogP contribution in [0.5, 0.6) is 11.5 Å². The van der Waals surface area contributed by atoms with Crippen LogP contribution in [0.25, 0.3) is 0 Å². The predicted molar refractivity (Wildman–Crippen MR) is 168 cm³/mol. The minimum Gasteiger partial charge on any atom is -0.508 e. The van der Waals surface area contributed by atoms with Crippen molar-refractivity contribution in [2.24, 2.45) is 17.8 Å². The lowest BCUT2D eigenvalue weighted by Gasteiger charge is -2.50. The SMILES string of the molecule is COc1ccc(O)c(C2C3=CCC4C(=O)N(c5ccc(Br)cc5)C(=O)C4C3CC3(Cl)C(=O)N(c4ccc(F)cc4)C(=O)C23Cl)c1. The normalized spacial score (nSPS) is 30.6. The largest absolute Gasteiger partial charge is 0.508 e. The van der Waals surface area contributed by atoms with E-state index in [9.17, 15) is 28.7 Å². The molecule has 1 saturated carbocycles. The van der Waals surface area contributed by atoms with Crippen LogP contribution in [0.2, 0.25) is 0 Å². The van der Waals surface area contributed by atoms with Gasteiger partial charge in [-0.15, -0.1) is 23.2 Å². The van der Waals surface area contributed by atoms with Crippen LogP contribution >= 0.6 is 39.1 Å². The first-order valence-electron chi connectivity index (χ1n) is 14.1. The predicted octanol–water partition coefficient (Wildman–Crippen LogP) is 6.07. The van der Waals surface area contributed by atoms with Crippen LogP contribution in [-0.4, -0.2) is 45.6 Å². The van der Waals surface area contributed by atoms with Gasteiger partial charge in [0.05, 0.1) is 30.3 Å². The quantitative estimate of drug-likeness (QED) is 0.200. The lowest BCUT2D eigenvalue weighted by molar-refractivity contribution is -0.125. The summed E-state index contributed by atoms with van der Waals surface area (Å²) in [7, 11) is 1.44. The molecule has 3 aromatic rings. The second kappa shape index (κ2) is 10.4. The van der Waals surface area contributed by atoms with Crippen LogP contribution in [-0.2, 0) is 19.2 Å². The molecule has 3 aromatic carbocycles. The summed E-state index contributed by atoms with van der Waals surface area (Å²) in [6.45, 7) is 0. The van der Waals surface area contributed by atoms with E-state index in [0.29, 0.717) is 17.0 Å². The maximum Gasteiger partial charge on any atom is 0.258 e. The van der Waals surface area contributed by atoms with Crippen molar-refractivity contribution < 1.29 is 33.4 Å². The number of carbonyl (C=O) groups excluding carboxylic acids is 4. The third kappa shape index (κ3) is 4.08. The van der Waals surface area contributed by atoms with Gasteiger partial charge in [-0.2, -0.15) is 0 Å². The van der Waals surface area contributed by atoms with Gasteiger partial charge in [0.1, 0.15) is 17.3 Å². The number of methoxy groups -OCH3 is 1. The molecular weight excluding hydrogens is 690 g/mol. The molecule has 2 aliphatic carbocycles. The van der Waals surface area contributed by atoms with E-state index in [-0.39, 0.29) is 35.7 Å². The maximum absolute atomic E-state index is 14.4. The van der Waals surface area contributed by atoms with Crippen LogP contribution < -0.4 is 14.5 Å². The van der Waals surface area contributed by atoms with Crippen molar-refractivity contribution in [3.05, 3.63) is 94.2 Å². The van der Waals surface area contributed by atoms with E-state index in [1.807, 2.05) is 0 Å². The number of phenolic OH excluding ortho intramolecular Hbond substituents is 1. The Hall–Kier alpha value is -3.73. The van der Waals surface area contributed by atoms with Crippen LogP contribution in [0, 0.1) is 23.6 Å². The molecule has 2 saturated heterocycles. The number of anilines is 2. The van der Waals surface area contributed by atoms with E-state index >= 15 is 0 Å². The third-order valence-electron chi connectivity index (χ3n) is 9.53. The minimum absolute atomic E-state index is 0.0674. The molecule has 8 nitrogen and oxygen atoms in total. The lowest BCUT2D eigenvalue weighted by Crippen LogP contribution is -2.60. The number of rotatable bonds is 4. The van der Waals surface area contributed by atoms with Gasteiger partial charge in [0.25, 0.3) is 11.8 Å². The molecule has 230 valence electrons. The number of hydrogen-bond donors (Lipinski definition) is 1. The summed E-state index contributed by atoms with van der Waals surface area (Å²) in [5.74, 6) is -6.60. The topological polar surface area (TPSA) is 104 Å². The molecule has 0 spiro atoms. The number of imide groups is 2. The molecular formula is C33H24BrCl2FN2O6. The number of alkyl halides is 2. The number of allylic oxidation sites excluding steroid dienone is 2. The van der Waals surface area contributed by atoms with Crippen molar-refractivity contribution in [1.82, 2.24) is 0 Å². The molecule has 0 bridgehead atoms. The molecule has 0 radical (unpaired) electrons. The van der Waals surface area contributed by atoms with Crippen molar-refractivity contribution >= 4 is 74.1 Å². The number of amides is 4. The Kier molecular flexibility index (Phi) is 6.92. The number of nitrogens with zero attached hydrogens (tertiary/aromatic N) is 2. The highest BCUT2D eigenvalue weighted by molar-refractivity contribution is 9.10. The van der Waals surface area contributed by atoms with Gasteiger partial charge in [0.15, 0.2) is 9.75 Å². The van der Waals surface area contributed by atoms with Crippen molar-refractivity contribution in [3.8, 4) is 11.5 Å². The van der Waals surface area contributed by atoms with Gasteiger partial charge in [0, 0.05) is 16.0 Å². The summed E-state index contributed by atoms with van der Waals surface area (Å²) in [5.41, 5.74) is 1.17. The molecule has 1 N–H and O–H groups in total. The Morgan fingerprint density at radius 2 is 1.53 bits per heavy atom. The highest BCUT2D eigenvalue weighted by Crippen LogP contribution is 2.66. The fraction of sp³-hybridized carbons (Fsp3) is 0.273. The molecule has 2 aliphatic heterocycles. The molecule has 3 fully saturated rings. The van der Waals surface area contributed by atoms with E-state index in [1.165, 1.54) is 37.4 Å². The van der Waals surface area contributed by atoms with Gasteiger partial charge in [-0.05, 0) is 85.5 Å². The second-order valence-corrected chi connectivity index (χ2v) is 13.8. The average Bonchev–Trinajstić information content (AvgIpc) is 3.36. The number of fused-ring (bicyclic) bond motifs is 4. The highest BCUT2D eigenvalue weighted by Gasteiger charge is 2.77. The zero-order valence-corrected chi connectivity index (χ0v) is 26.6. The number of hydrogen-bond acceptors (Lipinski definition) is 6. The molecule has 6 atom stereocenters. The van der Waals surface area contributed by atoms with Gasteiger partial charge in [0.2, 0.25) is 11.8 Å². The number of ether oxygens (including phenoxy) is 1. The summed E-state index contributed by atoms with van der Waals surface area (Å²) < 4.78 is 20.0. The van der Waals surface area contributed by atoms with Gasteiger partial charge >= 0.3 is 0 Å². The molecule has 7 rings (SSSR count). The number of carbonyl (C=O) groups is 4. The monoisotopic (exact) mass is 712 g/mol. The summed E-state index contributed by atoms with van der Waals surface area (Å²) in [6.07, 6.45) is 1.72. The molecule has 4 aliphatic rings. The van der Waals surface area contributed by atoms with Crippen molar-refractivity contribution in [2.45, 2.75) is 28.5 Å². The summed E-state index contributed by atoms with van der Waals surface area (Å²) in [4.78, 5) is 54.3. The van der Waals surface area contributed by atoms with Gasteiger partial charge in [-0.3, -0.25) is 24.1 Å². The summed E-state index contributed by atoms with van der Waals surface area (Å²) >= 11 is 18.1. The number of phenols is 1. The fourth-order valence-corrected chi connectivity index (χ4v) is 8.67. The molecule has 12 heteroatoms. The minimum atomic E-state index is -2.17. The molecule has 0 aromatic heterocycles. The smallest absolute Gasteiger partial charge is 0.258 e. The summed E-state index contributed by atoms with van der Waals surface area (Å²) in [6, 6.07) is 16.0. The van der Waals surface area contributed by atoms with E-state index in [0.717, 1.165) is 26.4 Å². The number of halogens is 4. The Labute approximate surface area is 275 Å². The van der Waals surface area contributed by atoms with Crippen LogP contribution in [0.4, 0.5) is 15.8 Å². The van der Waals surface area contributed by atoms with Crippen LogP contribution in [0.1, 0.15) is 24.3 Å². The maximum atomic E-state index is 14.4. The van der Waals surface area contributed by atoms with E-state index in [1.54, 1.807) is 30.3 Å². The Balaban J connectivity index is 1.41. The number of aromatic hydroxyl groups is 1. The first-order valence-corrected chi connectivity index (χ1v) is 15.7. The zero-order chi connectivity index (χ0) is 32.0. The zero-order valence-electron chi connectivity index (χ0n) is 23.5. The summed E-state index contributed by atoms with van der Waals surface area (Å²) in [5, 5.41) is 11.2. The van der Waals surface area contributed by atoms with Crippen molar-refractivity contribution in [2.75, 3.05) is 16.9 Å². The Bertz CT molecular complexity index is 1840. The van der Waals surface area contributed by atoms with Gasteiger partial charge in [-0.1, -0.05) is 27.6 Å². The van der Waals surface area contributed by atoms with Crippen LogP contribution in [0.15, 0.2) is 82.9 Å². The molecule has 45 heavy (non-hydrogen) atoms. The standard InChI is InChI=1S/C33H24BrCl2FN2O6/c1-45-20-10-13-25(40)23(14-20)27-21-11-12-22-26(29(42)38(28(22)41)18-6-2-16(34)3-7-18)24(21)15-32(35)30(43)39(31(44)33(27,32)36)19-8-4-17(37)5-9-19/h2-11,13-14,22,24,26-27,40H,12,15H2,1H3. The molecule has 2 heterocycles. The Morgan fingerprint density at radius 1 is 0.889 bits per heavy atom. The van der Waals surface area contributed by atoms with E-state index in [2.05, 4.69) is 15.9 Å². The third-order valence-corrected chi connectivity index (χ3v) is 11.5. The van der Waals surface area contributed by atoms with Crippen molar-refractivity contribution in [3.63, 3.8) is 0 Å². The first kappa shape index (κ1) is 30.0. The van der Waals surface area contributed by atoms with Crippen LogP contribution in [0.3, 0.4) is 0 Å². The lowest BCUT2D eigenvalue weighted by atomic mass is 9.56. The van der Waals surface area contributed by atoms with E-state index in [4.69, 9.17) is 27.9 Å². The van der Waals surface area contributed by atoms with Gasteiger partial charge in [-0.25, -0.2) is 9.29 Å². The molecule has 6 unspecified atom stereocenters. The van der Waals surface area contributed by atoms with Crippen molar-refractivity contribution in [1.29, 1.82) is 0 Å². The van der Waals surface area contributed by atoms with E-state index < -0.39 is 57.0 Å². The average molecular weight is 714 g/mol. The molecule has 4 amide bonds. The first-order chi connectivity index (χ1) is 21.4. The second-order valence-electron chi connectivity index (χ2n) is 11.7. The highest BCUT2D eigenvalue weighted by atomic mass is 79.9. The Morgan fingerprint density at radius 3 is 2.20 bits per heavy atom. The number of benzene rings is 3. The van der Waals surface area contributed by atoms with Gasteiger partial charge < -0.3 is 9.84 Å². The fourth-order valence-electron chi connectivity index (χ4n) is 7.48.